The predicted octanol–water partition coefficient (Wildman–Crippen LogP) is 2.38. The van der Waals surface area contributed by atoms with E-state index in [1.807, 2.05) is 32.6 Å². The van der Waals surface area contributed by atoms with Gasteiger partial charge in [0, 0.05) is 53.7 Å². The van der Waals surface area contributed by atoms with Crippen molar-refractivity contribution in [3.05, 3.63) is 41.5 Å². The Morgan fingerprint density at radius 1 is 1.16 bits per heavy atom. The van der Waals surface area contributed by atoms with Gasteiger partial charge in [-0.1, -0.05) is 0 Å². The molecule has 4 aromatic rings. The zero-order chi connectivity index (χ0) is 17.2. The van der Waals surface area contributed by atoms with Gasteiger partial charge in [0.25, 0.3) is 0 Å². The minimum Gasteiger partial charge on any atom is -0.382 e. The van der Waals surface area contributed by atoms with Gasteiger partial charge >= 0.3 is 0 Å². The molecule has 0 aliphatic carbocycles. The summed E-state index contributed by atoms with van der Waals surface area (Å²) in [6.07, 6.45) is 3.77. The summed E-state index contributed by atoms with van der Waals surface area (Å²) in [5.74, 6) is 0. The van der Waals surface area contributed by atoms with E-state index >= 15 is 0 Å². The summed E-state index contributed by atoms with van der Waals surface area (Å²) in [7, 11) is 3.90. The topological polar surface area (TPSA) is 67.1 Å². The van der Waals surface area contributed by atoms with Gasteiger partial charge in [0.05, 0.1) is 5.69 Å². The number of hydrogen-bond donors (Lipinski definition) is 1. The zero-order valence-electron chi connectivity index (χ0n) is 14.0. The Morgan fingerprint density at radius 3 is 2.80 bits per heavy atom. The van der Waals surface area contributed by atoms with Crippen LogP contribution in [0, 0.1) is 0 Å². The van der Waals surface area contributed by atoms with Crippen LogP contribution in [0.1, 0.15) is 4.88 Å². The number of likely N-dealkylation sites (N-methyl/N-ethyl adjacent to an activating group) is 1. The fraction of sp³-hybridized carbons (Fsp3) is 0.278. The molecule has 0 radical (unpaired) electrons. The standard InChI is InChI=1S/C18H17N5OS/c1-22-9-18(24,10-22)15-6-11-3-4-14(20-17(11)25-15)12-5-13-8-23(2)21-16(13)19-7-12/h3-8,24H,9-10H2,1-2H3. The van der Waals surface area contributed by atoms with E-state index in [1.54, 1.807) is 16.0 Å². The Morgan fingerprint density at radius 2 is 2.00 bits per heavy atom. The zero-order valence-corrected chi connectivity index (χ0v) is 14.8. The van der Waals surface area contributed by atoms with Crippen molar-refractivity contribution in [2.45, 2.75) is 5.60 Å². The van der Waals surface area contributed by atoms with Crippen LogP contribution in [0.2, 0.25) is 0 Å². The average Bonchev–Trinajstić information content (AvgIpc) is 3.14. The van der Waals surface area contributed by atoms with Gasteiger partial charge in [-0.15, -0.1) is 11.3 Å². The molecule has 126 valence electrons. The molecule has 5 rings (SSSR count). The number of hydrogen-bond acceptors (Lipinski definition) is 6. The summed E-state index contributed by atoms with van der Waals surface area (Å²) < 4.78 is 1.76. The number of pyridine rings is 2. The van der Waals surface area contributed by atoms with Gasteiger partial charge in [-0.25, -0.2) is 9.97 Å². The SMILES string of the molecule is CN1CC(O)(c2cc3ccc(-c4cnc5nn(C)cc5c4)nc3s2)C1. The highest BCUT2D eigenvalue weighted by atomic mass is 32.1. The lowest BCUT2D eigenvalue weighted by molar-refractivity contribution is -0.0891. The molecule has 0 atom stereocenters. The van der Waals surface area contributed by atoms with Crippen molar-refractivity contribution in [3.8, 4) is 11.3 Å². The molecule has 5 heterocycles. The van der Waals surface area contributed by atoms with Crippen molar-refractivity contribution >= 4 is 32.6 Å². The summed E-state index contributed by atoms with van der Waals surface area (Å²) in [5, 5.41) is 17.1. The lowest BCUT2D eigenvalue weighted by Crippen LogP contribution is -2.56. The number of thiophene rings is 1. The average molecular weight is 351 g/mol. The van der Waals surface area contributed by atoms with Crippen LogP contribution in [0.5, 0.6) is 0 Å². The van der Waals surface area contributed by atoms with E-state index in [4.69, 9.17) is 4.98 Å². The van der Waals surface area contributed by atoms with E-state index in [-0.39, 0.29) is 0 Å². The Kier molecular flexibility index (Phi) is 3.03. The van der Waals surface area contributed by atoms with Crippen LogP contribution in [-0.4, -0.2) is 49.9 Å². The molecule has 4 aromatic heterocycles. The Balaban J connectivity index is 1.57. The van der Waals surface area contributed by atoms with E-state index in [9.17, 15) is 5.11 Å². The Hall–Kier alpha value is -2.35. The molecule has 0 unspecified atom stereocenters. The molecule has 0 aromatic carbocycles. The van der Waals surface area contributed by atoms with Crippen molar-refractivity contribution in [2.24, 2.45) is 7.05 Å². The van der Waals surface area contributed by atoms with E-state index in [2.05, 4.69) is 33.2 Å². The summed E-state index contributed by atoms with van der Waals surface area (Å²) in [6, 6.07) is 8.20. The van der Waals surface area contributed by atoms with Crippen molar-refractivity contribution in [1.29, 1.82) is 0 Å². The highest BCUT2D eigenvalue weighted by Gasteiger charge is 2.42. The first-order valence-electron chi connectivity index (χ1n) is 8.12. The first kappa shape index (κ1) is 14.9. The second kappa shape index (κ2) is 5.08. The van der Waals surface area contributed by atoms with Crippen LogP contribution in [0.15, 0.2) is 36.7 Å². The van der Waals surface area contributed by atoms with Crippen LogP contribution < -0.4 is 0 Å². The summed E-state index contributed by atoms with van der Waals surface area (Å²) in [4.78, 5) is 13.3. The largest absolute Gasteiger partial charge is 0.382 e. The maximum Gasteiger partial charge on any atom is 0.181 e. The summed E-state index contributed by atoms with van der Waals surface area (Å²) >= 11 is 1.57. The molecule has 7 heteroatoms. The molecule has 1 aliphatic heterocycles. The third kappa shape index (κ3) is 2.35. The predicted molar refractivity (Wildman–Crippen MR) is 98.5 cm³/mol. The number of rotatable bonds is 2. The first-order valence-corrected chi connectivity index (χ1v) is 8.94. The highest BCUT2D eigenvalue weighted by Crippen LogP contribution is 2.38. The quantitative estimate of drug-likeness (QED) is 0.601. The number of aliphatic hydroxyl groups is 1. The molecule has 0 spiro atoms. The number of aryl methyl sites for hydroxylation is 1. The van der Waals surface area contributed by atoms with Crippen LogP contribution in [0.25, 0.3) is 32.5 Å². The molecule has 1 fully saturated rings. The summed E-state index contributed by atoms with van der Waals surface area (Å²) in [6.45, 7) is 1.35. The van der Waals surface area contributed by atoms with E-state index in [0.717, 1.165) is 37.4 Å². The second-order valence-corrected chi connectivity index (χ2v) is 7.88. The maximum atomic E-state index is 10.7. The number of aromatic nitrogens is 4. The van der Waals surface area contributed by atoms with Gasteiger partial charge in [-0.05, 0) is 31.3 Å². The molecule has 0 saturated carbocycles. The number of fused-ring (bicyclic) bond motifs is 2. The molecule has 0 amide bonds. The van der Waals surface area contributed by atoms with Crippen molar-refractivity contribution in [1.82, 2.24) is 24.6 Å². The minimum atomic E-state index is -0.726. The maximum absolute atomic E-state index is 10.7. The smallest absolute Gasteiger partial charge is 0.181 e. The molecular formula is C18H17N5OS. The molecule has 1 N–H and O–H groups in total. The van der Waals surface area contributed by atoms with Gasteiger partial charge in [0.2, 0.25) is 0 Å². The molecule has 6 nitrogen and oxygen atoms in total. The molecule has 25 heavy (non-hydrogen) atoms. The van der Waals surface area contributed by atoms with E-state index in [0.29, 0.717) is 13.1 Å². The molecule has 1 aliphatic rings. The van der Waals surface area contributed by atoms with Gasteiger partial charge < -0.3 is 5.11 Å². The van der Waals surface area contributed by atoms with Crippen LogP contribution >= 0.6 is 11.3 Å². The van der Waals surface area contributed by atoms with Crippen LogP contribution in [-0.2, 0) is 12.6 Å². The van der Waals surface area contributed by atoms with Gasteiger partial charge in [-0.2, -0.15) is 5.10 Å². The molecular weight excluding hydrogens is 334 g/mol. The van der Waals surface area contributed by atoms with Crippen molar-refractivity contribution in [3.63, 3.8) is 0 Å². The van der Waals surface area contributed by atoms with E-state index < -0.39 is 5.60 Å². The third-order valence-electron chi connectivity index (χ3n) is 4.67. The lowest BCUT2D eigenvalue weighted by atomic mass is 9.93. The van der Waals surface area contributed by atoms with Crippen molar-refractivity contribution in [2.75, 3.05) is 20.1 Å². The van der Waals surface area contributed by atoms with E-state index in [1.165, 1.54) is 0 Å². The number of likely N-dealkylation sites (tertiary alicyclic amines) is 1. The van der Waals surface area contributed by atoms with Gasteiger partial charge in [-0.3, -0.25) is 9.58 Å². The first-order chi connectivity index (χ1) is 12.0. The monoisotopic (exact) mass is 351 g/mol. The fourth-order valence-electron chi connectivity index (χ4n) is 3.48. The lowest BCUT2D eigenvalue weighted by Gasteiger charge is -2.43. The normalized spacial score (nSPS) is 17.2. The molecule has 0 bridgehead atoms. The Bertz CT molecular complexity index is 1110. The minimum absolute atomic E-state index is 0.675. The third-order valence-corrected chi connectivity index (χ3v) is 5.91. The highest BCUT2D eigenvalue weighted by molar-refractivity contribution is 7.18. The van der Waals surface area contributed by atoms with Crippen LogP contribution in [0.3, 0.4) is 0 Å². The van der Waals surface area contributed by atoms with Crippen molar-refractivity contribution < 1.29 is 5.11 Å². The summed E-state index contributed by atoms with van der Waals surface area (Å²) in [5.41, 5.74) is 1.87. The number of β-amino-alcohol motifs (C(OH)–C–C–N with tert-alkyl or cyclic N) is 1. The molecule has 1 saturated heterocycles. The number of nitrogens with zero attached hydrogens (tertiary/aromatic N) is 5. The van der Waals surface area contributed by atoms with Gasteiger partial charge in [0.1, 0.15) is 10.4 Å². The van der Waals surface area contributed by atoms with Gasteiger partial charge in [0.15, 0.2) is 5.65 Å². The van der Waals surface area contributed by atoms with Crippen LogP contribution in [0.4, 0.5) is 0 Å². The fourth-order valence-corrected chi connectivity index (χ4v) is 4.59. The second-order valence-electron chi connectivity index (χ2n) is 6.84. The Labute approximate surface area is 148 Å².